The zero-order valence-corrected chi connectivity index (χ0v) is 13.5. The Kier molecular flexibility index (Phi) is 3.38. The standard InChI is InChI=1S/C18H23BO2/c1-13(19-20-17(2,3)18(4,5)21-19)15-11-10-14-8-6-7-9-16(14)12-15/h6-13H,1-5H3/t13-/m0/s1. The van der Waals surface area contributed by atoms with E-state index in [-0.39, 0.29) is 24.1 Å². The van der Waals surface area contributed by atoms with Crippen molar-refractivity contribution in [2.75, 3.05) is 0 Å². The third-order valence-corrected chi connectivity index (χ3v) is 4.98. The molecule has 2 nitrogen and oxygen atoms in total. The van der Waals surface area contributed by atoms with Crippen LogP contribution < -0.4 is 0 Å². The lowest BCUT2D eigenvalue weighted by molar-refractivity contribution is 0.00578. The SMILES string of the molecule is C[C@H](B1OC(C)(C)C(C)(C)O1)c1ccc2ccccc2c1. The van der Waals surface area contributed by atoms with Gasteiger partial charge in [-0.2, -0.15) is 0 Å². The molecule has 0 unspecified atom stereocenters. The summed E-state index contributed by atoms with van der Waals surface area (Å²) in [5.41, 5.74) is 0.707. The maximum Gasteiger partial charge on any atom is 0.465 e. The average Bonchev–Trinajstić information content (AvgIpc) is 2.66. The predicted molar refractivity (Wildman–Crippen MR) is 88.4 cm³/mol. The van der Waals surface area contributed by atoms with E-state index in [0.717, 1.165) is 0 Å². The summed E-state index contributed by atoms with van der Waals surface area (Å²) >= 11 is 0. The molecule has 1 aliphatic heterocycles. The summed E-state index contributed by atoms with van der Waals surface area (Å²) in [6.45, 7) is 10.6. The Morgan fingerprint density at radius 1 is 0.857 bits per heavy atom. The summed E-state index contributed by atoms with van der Waals surface area (Å²) in [4.78, 5) is 0. The van der Waals surface area contributed by atoms with Gasteiger partial charge in [0.25, 0.3) is 0 Å². The molecule has 2 aromatic carbocycles. The first-order chi connectivity index (χ1) is 9.80. The molecule has 2 aromatic rings. The number of benzene rings is 2. The van der Waals surface area contributed by atoms with Crippen LogP contribution in [0.5, 0.6) is 0 Å². The maximum atomic E-state index is 6.17. The minimum absolute atomic E-state index is 0.198. The summed E-state index contributed by atoms with van der Waals surface area (Å²) in [6.07, 6.45) is 0. The highest BCUT2D eigenvalue weighted by atomic mass is 16.7. The van der Waals surface area contributed by atoms with Crippen LogP contribution in [0.2, 0.25) is 0 Å². The quantitative estimate of drug-likeness (QED) is 0.751. The van der Waals surface area contributed by atoms with Crippen LogP contribution in [0.4, 0.5) is 0 Å². The lowest BCUT2D eigenvalue weighted by Gasteiger charge is -2.32. The second-order valence-corrected chi connectivity index (χ2v) is 7.02. The van der Waals surface area contributed by atoms with E-state index in [1.54, 1.807) is 0 Å². The van der Waals surface area contributed by atoms with Crippen molar-refractivity contribution < 1.29 is 9.31 Å². The molecule has 0 saturated carbocycles. The van der Waals surface area contributed by atoms with Gasteiger partial charge in [0.05, 0.1) is 11.2 Å². The Balaban J connectivity index is 1.89. The van der Waals surface area contributed by atoms with Crippen molar-refractivity contribution in [3.8, 4) is 0 Å². The molecule has 1 heterocycles. The van der Waals surface area contributed by atoms with E-state index in [9.17, 15) is 0 Å². The van der Waals surface area contributed by atoms with Crippen molar-refractivity contribution in [3.05, 3.63) is 48.0 Å². The zero-order chi connectivity index (χ0) is 15.3. The van der Waals surface area contributed by atoms with Crippen LogP contribution in [-0.4, -0.2) is 18.3 Å². The molecule has 110 valence electrons. The van der Waals surface area contributed by atoms with Crippen molar-refractivity contribution in [1.29, 1.82) is 0 Å². The molecule has 0 aliphatic carbocycles. The summed E-state index contributed by atoms with van der Waals surface area (Å²) in [5.74, 6) is 0.204. The van der Waals surface area contributed by atoms with Crippen molar-refractivity contribution in [3.63, 3.8) is 0 Å². The minimum Gasteiger partial charge on any atom is -0.403 e. The number of hydrogen-bond acceptors (Lipinski definition) is 2. The Bertz CT molecular complexity index is 647. The van der Waals surface area contributed by atoms with Gasteiger partial charge in [-0.1, -0.05) is 49.4 Å². The van der Waals surface area contributed by atoms with Crippen LogP contribution >= 0.6 is 0 Å². The van der Waals surface area contributed by atoms with Gasteiger partial charge in [0.2, 0.25) is 0 Å². The summed E-state index contributed by atoms with van der Waals surface area (Å²) in [5, 5.41) is 2.53. The van der Waals surface area contributed by atoms with E-state index in [4.69, 9.17) is 9.31 Å². The van der Waals surface area contributed by atoms with Gasteiger partial charge in [-0.05, 0) is 44.0 Å². The van der Waals surface area contributed by atoms with Crippen LogP contribution in [0.25, 0.3) is 10.8 Å². The van der Waals surface area contributed by atoms with Gasteiger partial charge in [-0.3, -0.25) is 0 Å². The molecule has 21 heavy (non-hydrogen) atoms. The maximum absolute atomic E-state index is 6.17. The van der Waals surface area contributed by atoms with E-state index in [0.29, 0.717) is 0 Å². The zero-order valence-electron chi connectivity index (χ0n) is 13.5. The van der Waals surface area contributed by atoms with Gasteiger partial charge in [-0.15, -0.1) is 0 Å². The molecule has 0 aromatic heterocycles. The molecular weight excluding hydrogens is 259 g/mol. The Hall–Kier alpha value is -1.32. The van der Waals surface area contributed by atoms with E-state index in [1.807, 2.05) is 0 Å². The highest BCUT2D eigenvalue weighted by Gasteiger charge is 2.52. The van der Waals surface area contributed by atoms with Crippen molar-refractivity contribution in [2.45, 2.75) is 51.6 Å². The molecule has 3 heteroatoms. The van der Waals surface area contributed by atoms with Crippen molar-refractivity contribution in [2.24, 2.45) is 0 Å². The van der Waals surface area contributed by atoms with Crippen molar-refractivity contribution >= 4 is 17.9 Å². The molecule has 0 N–H and O–H groups in total. The molecule has 0 bridgehead atoms. The Morgan fingerprint density at radius 2 is 1.43 bits per heavy atom. The smallest absolute Gasteiger partial charge is 0.403 e. The second-order valence-electron chi connectivity index (χ2n) is 7.02. The first kappa shape index (κ1) is 14.6. The molecule has 0 radical (unpaired) electrons. The summed E-state index contributed by atoms with van der Waals surface area (Å²) in [6, 6.07) is 15.0. The predicted octanol–water partition coefficient (Wildman–Crippen LogP) is 4.57. The molecule has 3 rings (SSSR count). The monoisotopic (exact) mass is 282 g/mol. The van der Waals surface area contributed by atoms with E-state index < -0.39 is 0 Å². The van der Waals surface area contributed by atoms with Gasteiger partial charge >= 0.3 is 7.12 Å². The highest BCUT2D eigenvalue weighted by Crippen LogP contribution is 2.40. The lowest BCUT2D eigenvalue weighted by Crippen LogP contribution is -2.41. The summed E-state index contributed by atoms with van der Waals surface area (Å²) in [7, 11) is -0.198. The third kappa shape index (κ3) is 2.49. The van der Waals surface area contributed by atoms with Crippen LogP contribution in [-0.2, 0) is 9.31 Å². The first-order valence-corrected chi connectivity index (χ1v) is 7.64. The van der Waals surface area contributed by atoms with Gasteiger partial charge in [0.15, 0.2) is 0 Å². The minimum atomic E-state index is -0.275. The number of rotatable bonds is 2. The Labute approximate surface area is 127 Å². The molecular formula is C18H23BO2. The van der Waals surface area contributed by atoms with Crippen LogP contribution in [0.15, 0.2) is 42.5 Å². The van der Waals surface area contributed by atoms with E-state index in [2.05, 4.69) is 77.1 Å². The molecule has 1 fully saturated rings. The Morgan fingerprint density at radius 3 is 2.05 bits per heavy atom. The van der Waals surface area contributed by atoms with E-state index >= 15 is 0 Å². The largest absolute Gasteiger partial charge is 0.465 e. The second kappa shape index (κ2) is 4.86. The normalized spacial score (nSPS) is 21.7. The molecule has 1 aliphatic rings. The number of hydrogen-bond donors (Lipinski definition) is 0. The van der Waals surface area contributed by atoms with Crippen LogP contribution in [0.3, 0.4) is 0 Å². The number of fused-ring (bicyclic) bond motifs is 1. The molecule has 0 spiro atoms. The fourth-order valence-corrected chi connectivity index (χ4v) is 2.74. The van der Waals surface area contributed by atoms with Gasteiger partial charge in [-0.25, -0.2) is 0 Å². The van der Waals surface area contributed by atoms with Gasteiger partial charge in [0, 0.05) is 5.82 Å². The molecule has 1 atom stereocenters. The topological polar surface area (TPSA) is 18.5 Å². The fraction of sp³-hybridized carbons (Fsp3) is 0.444. The molecule has 0 amide bonds. The van der Waals surface area contributed by atoms with Crippen LogP contribution in [0.1, 0.15) is 46.0 Å². The van der Waals surface area contributed by atoms with Gasteiger partial charge < -0.3 is 9.31 Å². The van der Waals surface area contributed by atoms with Gasteiger partial charge in [0.1, 0.15) is 0 Å². The average molecular weight is 282 g/mol. The van der Waals surface area contributed by atoms with Crippen molar-refractivity contribution in [1.82, 2.24) is 0 Å². The van der Waals surface area contributed by atoms with E-state index in [1.165, 1.54) is 16.3 Å². The summed E-state index contributed by atoms with van der Waals surface area (Å²) < 4.78 is 12.3. The fourth-order valence-electron chi connectivity index (χ4n) is 2.74. The van der Waals surface area contributed by atoms with Crippen LogP contribution in [0, 0.1) is 0 Å². The highest BCUT2D eigenvalue weighted by molar-refractivity contribution is 6.47. The third-order valence-electron chi connectivity index (χ3n) is 4.98. The molecule has 1 saturated heterocycles. The first-order valence-electron chi connectivity index (χ1n) is 7.64. The lowest BCUT2D eigenvalue weighted by atomic mass is 9.69.